The van der Waals surface area contributed by atoms with Gasteiger partial charge in [0, 0.05) is 6.08 Å². The summed E-state index contributed by atoms with van der Waals surface area (Å²) in [6.45, 7) is 3.40. The van der Waals surface area contributed by atoms with E-state index in [0.29, 0.717) is 0 Å². The summed E-state index contributed by atoms with van der Waals surface area (Å²) in [6, 6.07) is 0. The second-order valence-electron chi connectivity index (χ2n) is 2.10. The zero-order chi connectivity index (χ0) is 6.20. The molecule has 0 saturated carbocycles. The van der Waals surface area contributed by atoms with Crippen molar-refractivity contribution in [2.75, 3.05) is 0 Å². The van der Waals surface area contributed by atoms with E-state index in [1.807, 2.05) is 0 Å². The lowest BCUT2D eigenvalue weighted by atomic mass is 10.3. The fourth-order valence-corrected chi connectivity index (χ4v) is 0.666. The van der Waals surface area contributed by atoms with Crippen molar-refractivity contribution in [3.63, 3.8) is 0 Å². The van der Waals surface area contributed by atoms with Gasteiger partial charge in [0.05, 0.1) is 19.9 Å². The van der Waals surface area contributed by atoms with Gasteiger partial charge >= 0.3 is 11.6 Å². The predicted molar refractivity (Wildman–Crippen MR) is 30.4 cm³/mol. The van der Waals surface area contributed by atoms with Gasteiger partial charge in [-0.3, -0.25) is 0 Å². The minimum Gasteiger partial charge on any atom is -0.307 e. The van der Waals surface area contributed by atoms with Crippen molar-refractivity contribution in [2.45, 2.75) is 19.6 Å². The van der Waals surface area contributed by atoms with Crippen LogP contribution in [-0.2, 0) is 4.42 Å². The molecular weight excluding hydrogens is 104 g/mol. The highest BCUT2D eigenvalue weighted by molar-refractivity contribution is 5.88. The molecule has 0 bridgehead atoms. The number of aliphatic hydroxyl groups is 1. The molecule has 8 heavy (non-hydrogen) atoms. The summed E-state index contributed by atoms with van der Waals surface area (Å²) in [5, 5.41) is 9.04. The van der Waals surface area contributed by atoms with Crippen molar-refractivity contribution >= 4 is 5.78 Å². The average Bonchev–Trinajstić information content (AvgIpc) is 1.82. The van der Waals surface area contributed by atoms with E-state index in [9.17, 15) is 0 Å². The number of allylic oxidation sites excluding steroid dienone is 1. The molecule has 0 aromatic heterocycles. The van der Waals surface area contributed by atoms with E-state index in [0.717, 1.165) is 5.78 Å². The Hall–Kier alpha value is -0.630. The maximum atomic E-state index is 9.04. The van der Waals surface area contributed by atoms with Crippen LogP contribution in [0.1, 0.15) is 13.8 Å². The van der Waals surface area contributed by atoms with Crippen LogP contribution >= 0.6 is 0 Å². The van der Waals surface area contributed by atoms with E-state index < -0.39 is 5.79 Å². The van der Waals surface area contributed by atoms with Gasteiger partial charge in [-0.05, 0) is 0 Å². The van der Waals surface area contributed by atoms with Crippen molar-refractivity contribution < 1.29 is 9.53 Å². The Morgan fingerprint density at radius 2 is 2.38 bits per heavy atom. The maximum Gasteiger partial charge on any atom is 0.405 e. The second kappa shape index (κ2) is 1.42. The lowest BCUT2D eigenvalue weighted by Crippen LogP contribution is -2.18. The van der Waals surface area contributed by atoms with Crippen LogP contribution in [0.15, 0.2) is 12.2 Å². The third-order valence-corrected chi connectivity index (χ3v) is 0.995. The first-order chi connectivity index (χ1) is 3.60. The Morgan fingerprint density at radius 3 is 2.50 bits per heavy atom. The highest BCUT2D eigenvalue weighted by Gasteiger charge is 2.32. The van der Waals surface area contributed by atoms with Crippen molar-refractivity contribution in [3.05, 3.63) is 12.2 Å². The fraction of sp³-hybridized carbons (Fsp3) is 0.500. The largest absolute Gasteiger partial charge is 0.405 e. The molecule has 2 heteroatoms. The van der Waals surface area contributed by atoms with Gasteiger partial charge in [-0.1, -0.05) is 0 Å². The first-order valence-corrected chi connectivity index (χ1v) is 2.54. The third-order valence-electron chi connectivity index (χ3n) is 0.995. The predicted octanol–water partition coefficient (Wildman–Crippen LogP) is 0.389. The van der Waals surface area contributed by atoms with Crippen LogP contribution in [0, 0.1) is 0 Å². The van der Waals surface area contributed by atoms with Crippen LogP contribution in [0.25, 0.3) is 0 Å². The summed E-state index contributed by atoms with van der Waals surface area (Å²) in [4.78, 5) is 0. The molecule has 1 aliphatic heterocycles. The summed E-state index contributed by atoms with van der Waals surface area (Å²) in [6.07, 6.45) is 3.36. The van der Waals surface area contributed by atoms with E-state index in [2.05, 4.69) is 0 Å². The summed E-state index contributed by atoms with van der Waals surface area (Å²) < 4.78 is 4.91. The van der Waals surface area contributed by atoms with Gasteiger partial charge in [0.25, 0.3) is 0 Å². The summed E-state index contributed by atoms with van der Waals surface area (Å²) in [5.41, 5.74) is 0. The average molecular weight is 113 g/mol. The molecule has 0 radical (unpaired) electrons. The first kappa shape index (κ1) is 5.51. The number of hydrogen-bond donors (Lipinski definition) is 1. The minimum atomic E-state index is -1.05. The molecule has 0 amide bonds. The molecule has 1 N–H and O–H groups in total. The van der Waals surface area contributed by atoms with Crippen LogP contribution in [0.5, 0.6) is 0 Å². The molecule has 2 nitrogen and oxygen atoms in total. The zero-order valence-electron chi connectivity index (χ0n) is 5.01. The van der Waals surface area contributed by atoms with Gasteiger partial charge in [0.1, 0.15) is 0 Å². The van der Waals surface area contributed by atoms with Gasteiger partial charge in [-0.15, -0.1) is 0 Å². The Morgan fingerprint density at radius 1 is 1.75 bits per heavy atom. The molecule has 0 fully saturated rings. The fourth-order valence-electron chi connectivity index (χ4n) is 0.666. The lowest BCUT2D eigenvalue weighted by molar-refractivity contribution is -0.585. The summed E-state index contributed by atoms with van der Waals surface area (Å²) >= 11 is 0. The normalized spacial score (nSPS) is 35.6. The molecule has 0 spiro atoms. The first-order valence-electron chi connectivity index (χ1n) is 2.54. The summed E-state index contributed by atoms with van der Waals surface area (Å²) in [7, 11) is 0. The number of rotatable bonds is 0. The van der Waals surface area contributed by atoms with Crippen LogP contribution in [0.4, 0.5) is 0 Å². The number of hydrogen-bond acceptors (Lipinski definition) is 1. The quantitative estimate of drug-likeness (QED) is 0.453. The Labute approximate surface area is 48.1 Å². The van der Waals surface area contributed by atoms with Gasteiger partial charge in [-0.25, -0.2) is 4.42 Å². The van der Waals surface area contributed by atoms with E-state index in [1.165, 1.54) is 0 Å². The molecule has 0 saturated heterocycles. The van der Waals surface area contributed by atoms with E-state index in [1.54, 1.807) is 26.0 Å². The van der Waals surface area contributed by atoms with Gasteiger partial charge < -0.3 is 5.11 Å². The SMILES string of the molecule is CC1=[O+]C(C)(O)C=C1. The van der Waals surface area contributed by atoms with Crippen molar-refractivity contribution in [3.8, 4) is 0 Å². The molecular formula is C6H9O2+. The lowest BCUT2D eigenvalue weighted by Gasteiger charge is -1.93. The third kappa shape index (κ3) is 0.954. The Kier molecular flexibility index (Phi) is 0.978. The highest BCUT2D eigenvalue weighted by Crippen LogP contribution is 2.08. The van der Waals surface area contributed by atoms with Crippen molar-refractivity contribution in [1.82, 2.24) is 0 Å². The highest BCUT2D eigenvalue weighted by atomic mass is 16.6. The van der Waals surface area contributed by atoms with Crippen LogP contribution in [-0.4, -0.2) is 16.7 Å². The topological polar surface area (TPSA) is 31.5 Å². The minimum absolute atomic E-state index is 0.759. The molecule has 1 heterocycles. The molecule has 1 aliphatic rings. The monoisotopic (exact) mass is 113 g/mol. The van der Waals surface area contributed by atoms with Crippen LogP contribution in [0.3, 0.4) is 0 Å². The van der Waals surface area contributed by atoms with Crippen molar-refractivity contribution in [1.29, 1.82) is 0 Å². The van der Waals surface area contributed by atoms with Gasteiger partial charge in [0.15, 0.2) is 0 Å². The van der Waals surface area contributed by atoms with Gasteiger partial charge in [0.2, 0.25) is 0 Å². The maximum absolute atomic E-state index is 9.04. The van der Waals surface area contributed by atoms with E-state index >= 15 is 0 Å². The Bertz CT molecular complexity index is 154. The van der Waals surface area contributed by atoms with Crippen LogP contribution in [0.2, 0.25) is 0 Å². The smallest absolute Gasteiger partial charge is 0.307 e. The van der Waals surface area contributed by atoms with E-state index in [4.69, 9.17) is 9.53 Å². The molecule has 0 aromatic rings. The molecule has 0 aromatic carbocycles. The van der Waals surface area contributed by atoms with Crippen LogP contribution < -0.4 is 0 Å². The molecule has 1 unspecified atom stereocenters. The number of ketones is 1. The molecule has 44 valence electrons. The molecule has 1 rings (SSSR count). The number of carbonyl (C=O) groups excluding carboxylic acids is 1. The van der Waals surface area contributed by atoms with Crippen molar-refractivity contribution in [2.24, 2.45) is 0 Å². The summed E-state index contributed by atoms with van der Waals surface area (Å²) in [5.74, 6) is -0.292. The molecule has 1 atom stereocenters. The Balaban J connectivity index is 2.84. The second-order valence-corrected chi connectivity index (χ2v) is 2.10. The van der Waals surface area contributed by atoms with Gasteiger partial charge in [-0.2, -0.15) is 0 Å². The van der Waals surface area contributed by atoms with E-state index in [-0.39, 0.29) is 0 Å². The standard InChI is InChI=1S/C6H9O2/c1-5-3-4-6(2,7)8-5/h3-4,7H,1-2H3/q+1. The molecule has 0 aliphatic carbocycles. The zero-order valence-corrected chi connectivity index (χ0v) is 5.01.